The van der Waals surface area contributed by atoms with Crippen molar-refractivity contribution in [1.29, 1.82) is 0 Å². The van der Waals surface area contributed by atoms with Crippen LogP contribution < -0.4 is 10.5 Å². The second-order valence-corrected chi connectivity index (χ2v) is 2.72. The summed E-state index contributed by atoms with van der Waals surface area (Å²) >= 11 is 0. The number of nitrogen functional groups attached to an aromatic ring is 1. The average Bonchev–Trinajstić information content (AvgIpc) is 2.81. The summed E-state index contributed by atoms with van der Waals surface area (Å²) in [5, 5.41) is 0. The van der Waals surface area contributed by atoms with Crippen LogP contribution in [0.25, 0.3) is 0 Å². The number of nitrogens with zero attached hydrogens (tertiary/aromatic N) is 2. The van der Waals surface area contributed by atoms with E-state index in [0.717, 1.165) is 12.8 Å². The first-order valence-electron chi connectivity index (χ1n) is 3.70. The molecule has 0 saturated heterocycles. The molecule has 2 rings (SSSR count). The van der Waals surface area contributed by atoms with Gasteiger partial charge in [-0.3, -0.25) is 0 Å². The fraction of sp³-hybridized carbons (Fsp3) is 0.429. The van der Waals surface area contributed by atoms with Gasteiger partial charge in [0.25, 0.3) is 0 Å². The van der Waals surface area contributed by atoms with E-state index in [1.165, 1.54) is 6.20 Å². The zero-order valence-corrected chi connectivity index (χ0v) is 6.33. The van der Waals surface area contributed by atoms with Crippen molar-refractivity contribution in [3.05, 3.63) is 12.3 Å². The maximum Gasteiger partial charge on any atom is 0.311 e. The topological polar surface area (TPSA) is 61.0 Å². The van der Waals surface area contributed by atoms with Gasteiger partial charge < -0.3 is 10.5 Å². The second kappa shape index (κ2) is 2.58. The number of hydrogen-bond donors (Lipinski definition) is 1. The molecule has 12 heavy (non-hydrogen) atoms. The summed E-state index contributed by atoms with van der Waals surface area (Å²) < 4.78 is 17.7. The van der Waals surface area contributed by atoms with Crippen molar-refractivity contribution >= 4 is 5.69 Å². The van der Waals surface area contributed by atoms with E-state index in [0.29, 0.717) is 0 Å². The van der Waals surface area contributed by atoms with Crippen molar-refractivity contribution in [2.75, 3.05) is 5.73 Å². The Labute approximate surface area is 68.6 Å². The fourth-order valence-electron chi connectivity index (χ4n) is 0.793. The third kappa shape index (κ3) is 1.44. The average molecular weight is 169 g/mol. The standard InChI is InChI=1S/C7H8FN3O/c8-7-10-3-5(9)6(11-7)12-4-1-2-4/h3-4H,1-2,9H2. The molecule has 1 fully saturated rings. The van der Waals surface area contributed by atoms with Crippen molar-refractivity contribution < 1.29 is 9.13 Å². The van der Waals surface area contributed by atoms with Gasteiger partial charge in [-0.2, -0.15) is 9.37 Å². The largest absolute Gasteiger partial charge is 0.473 e. The third-order valence-electron chi connectivity index (χ3n) is 1.55. The molecule has 5 heteroatoms. The molecular formula is C7H8FN3O. The van der Waals surface area contributed by atoms with Crippen molar-refractivity contribution in [2.24, 2.45) is 0 Å². The molecule has 4 nitrogen and oxygen atoms in total. The zero-order valence-electron chi connectivity index (χ0n) is 6.33. The van der Waals surface area contributed by atoms with Crippen molar-refractivity contribution in [3.63, 3.8) is 0 Å². The number of ether oxygens (including phenoxy) is 1. The molecular weight excluding hydrogens is 161 g/mol. The first-order chi connectivity index (χ1) is 5.75. The van der Waals surface area contributed by atoms with Crippen LogP contribution in [0.2, 0.25) is 0 Å². The van der Waals surface area contributed by atoms with Crippen molar-refractivity contribution in [2.45, 2.75) is 18.9 Å². The molecule has 0 amide bonds. The molecule has 1 aliphatic rings. The maximum atomic E-state index is 12.5. The van der Waals surface area contributed by atoms with Gasteiger partial charge in [0.05, 0.1) is 6.20 Å². The molecule has 64 valence electrons. The summed E-state index contributed by atoms with van der Waals surface area (Å²) in [6.45, 7) is 0. The van der Waals surface area contributed by atoms with E-state index >= 15 is 0 Å². The number of nitrogens with two attached hydrogens (primary N) is 1. The second-order valence-electron chi connectivity index (χ2n) is 2.72. The molecule has 0 radical (unpaired) electrons. The monoisotopic (exact) mass is 169 g/mol. The van der Waals surface area contributed by atoms with Gasteiger partial charge in [0.1, 0.15) is 11.8 Å². The van der Waals surface area contributed by atoms with Gasteiger partial charge in [-0.25, -0.2) is 4.98 Å². The van der Waals surface area contributed by atoms with Crippen LogP contribution in [0.3, 0.4) is 0 Å². The summed E-state index contributed by atoms with van der Waals surface area (Å²) in [5.74, 6) is 0.157. The SMILES string of the molecule is Nc1cnc(F)nc1OC1CC1. The zero-order chi connectivity index (χ0) is 8.55. The molecule has 1 aromatic heterocycles. The van der Waals surface area contributed by atoms with E-state index in [2.05, 4.69) is 9.97 Å². The van der Waals surface area contributed by atoms with Crippen LogP contribution in [0, 0.1) is 6.08 Å². The number of rotatable bonds is 2. The smallest absolute Gasteiger partial charge is 0.311 e. The number of hydrogen-bond acceptors (Lipinski definition) is 4. The Bertz CT molecular complexity index is 301. The molecule has 1 aromatic rings. The fourth-order valence-corrected chi connectivity index (χ4v) is 0.793. The quantitative estimate of drug-likeness (QED) is 0.663. The molecule has 0 atom stereocenters. The van der Waals surface area contributed by atoms with Crippen molar-refractivity contribution in [1.82, 2.24) is 9.97 Å². The molecule has 0 bridgehead atoms. The minimum Gasteiger partial charge on any atom is -0.473 e. The lowest BCUT2D eigenvalue weighted by Crippen LogP contribution is -2.04. The highest BCUT2D eigenvalue weighted by molar-refractivity contribution is 5.45. The van der Waals surface area contributed by atoms with E-state index in [9.17, 15) is 4.39 Å². The normalized spacial score (nSPS) is 16.1. The molecule has 0 aromatic carbocycles. The molecule has 0 aliphatic heterocycles. The maximum absolute atomic E-state index is 12.5. The lowest BCUT2D eigenvalue weighted by atomic mass is 10.5. The molecule has 2 N–H and O–H groups in total. The van der Waals surface area contributed by atoms with Gasteiger partial charge in [0, 0.05) is 0 Å². The van der Waals surface area contributed by atoms with E-state index in [1.807, 2.05) is 0 Å². The van der Waals surface area contributed by atoms with E-state index in [4.69, 9.17) is 10.5 Å². The van der Waals surface area contributed by atoms with E-state index in [-0.39, 0.29) is 17.7 Å². The Hall–Kier alpha value is -1.39. The number of halogens is 1. The first-order valence-corrected chi connectivity index (χ1v) is 3.70. The number of aromatic nitrogens is 2. The van der Waals surface area contributed by atoms with Gasteiger partial charge in [-0.1, -0.05) is 0 Å². The van der Waals surface area contributed by atoms with Crippen LogP contribution >= 0.6 is 0 Å². The summed E-state index contributed by atoms with van der Waals surface area (Å²) in [6, 6.07) is 0. The Balaban J connectivity index is 2.21. The minimum atomic E-state index is -0.806. The van der Waals surface area contributed by atoms with Gasteiger partial charge in [-0.15, -0.1) is 0 Å². The molecule has 1 heterocycles. The predicted molar refractivity (Wildman–Crippen MR) is 40.1 cm³/mol. The number of anilines is 1. The van der Waals surface area contributed by atoms with Gasteiger partial charge in [-0.05, 0) is 12.8 Å². The highest BCUT2D eigenvalue weighted by atomic mass is 19.1. The molecule has 1 aliphatic carbocycles. The summed E-state index contributed by atoms with van der Waals surface area (Å²) in [5.41, 5.74) is 5.73. The Kier molecular flexibility index (Phi) is 1.56. The van der Waals surface area contributed by atoms with Crippen LogP contribution in [0.15, 0.2) is 6.20 Å². The minimum absolute atomic E-state index is 0.157. The lowest BCUT2D eigenvalue weighted by Gasteiger charge is -2.04. The predicted octanol–water partition coefficient (Wildman–Crippen LogP) is 0.739. The summed E-state index contributed by atoms with van der Waals surface area (Å²) in [6.07, 6.45) is 2.55. The van der Waals surface area contributed by atoms with E-state index < -0.39 is 6.08 Å². The Morgan fingerprint density at radius 2 is 2.33 bits per heavy atom. The summed E-state index contributed by atoms with van der Waals surface area (Å²) in [7, 11) is 0. The van der Waals surface area contributed by atoms with Crippen LogP contribution in [0.1, 0.15) is 12.8 Å². The van der Waals surface area contributed by atoms with Crippen molar-refractivity contribution in [3.8, 4) is 5.88 Å². The van der Waals surface area contributed by atoms with Crippen LogP contribution in [-0.2, 0) is 0 Å². The van der Waals surface area contributed by atoms with Crippen LogP contribution in [-0.4, -0.2) is 16.1 Å². The van der Waals surface area contributed by atoms with E-state index in [1.54, 1.807) is 0 Å². The van der Waals surface area contributed by atoms with Crippen LogP contribution in [0.5, 0.6) is 5.88 Å². The molecule has 0 spiro atoms. The highest BCUT2D eigenvalue weighted by Crippen LogP contribution is 2.28. The van der Waals surface area contributed by atoms with Gasteiger partial charge in [0.15, 0.2) is 0 Å². The lowest BCUT2D eigenvalue weighted by molar-refractivity contribution is 0.286. The highest BCUT2D eigenvalue weighted by Gasteiger charge is 2.25. The first kappa shape index (κ1) is 7.27. The van der Waals surface area contributed by atoms with Crippen LogP contribution in [0.4, 0.5) is 10.1 Å². The Morgan fingerprint density at radius 3 is 3.00 bits per heavy atom. The molecule has 1 saturated carbocycles. The third-order valence-corrected chi connectivity index (χ3v) is 1.55. The molecule has 0 unspecified atom stereocenters. The summed E-state index contributed by atoms with van der Waals surface area (Å²) in [4.78, 5) is 6.71. The van der Waals surface area contributed by atoms with Gasteiger partial charge >= 0.3 is 6.08 Å². The van der Waals surface area contributed by atoms with Gasteiger partial charge in [0.2, 0.25) is 5.88 Å². The Morgan fingerprint density at radius 1 is 1.58 bits per heavy atom.